The minimum absolute atomic E-state index is 0.271. The van der Waals surface area contributed by atoms with E-state index in [1.807, 2.05) is 18.2 Å². The number of thiazole rings is 1. The van der Waals surface area contributed by atoms with Crippen LogP contribution in [-0.2, 0) is 0 Å². The third-order valence-corrected chi connectivity index (χ3v) is 6.27. The van der Waals surface area contributed by atoms with E-state index in [1.54, 1.807) is 17.4 Å². The van der Waals surface area contributed by atoms with Crippen molar-refractivity contribution in [2.45, 2.75) is 0 Å². The first kappa shape index (κ1) is 14.0. The van der Waals surface area contributed by atoms with E-state index in [9.17, 15) is 5.11 Å². The summed E-state index contributed by atoms with van der Waals surface area (Å²) in [5, 5.41) is 18.7. The van der Waals surface area contributed by atoms with Gasteiger partial charge in [-0.25, -0.2) is 4.98 Å². The number of nitrogens with zero attached hydrogens (tertiary/aromatic N) is 1. The van der Waals surface area contributed by atoms with E-state index in [1.165, 1.54) is 37.0 Å². The van der Waals surface area contributed by atoms with Gasteiger partial charge < -0.3 is 5.11 Å². The summed E-state index contributed by atoms with van der Waals surface area (Å²) < 4.78 is 1.18. The molecule has 3 heteroatoms. The summed E-state index contributed by atoms with van der Waals surface area (Å²) in [5.74, 6) is 0.271. The Bertz CT molecular complexity index is 1430. The lowest BCUT2D eigenvalue weighted by molar-refractivity contribution is 0.477. The highest BCUT2D eigenvalue weighted by Gasteiger charge is 2.15. The molecule has 0 bridgehead atoms. The number of phenolic OH excluding ortho intramolecular Hbond substituents is 1. The molecule has 0 aliphatic carbocycles. The van der Waals surface area contributed by atoms with E-state index in [4.69, 9.17) is 4.98 Å². The molecule has 6 aromatic rings. The molecule has 0 unspecified atom stereocenters. The zero-order valence-electron chi connectivity index (χ0n) is 13.7. The largest absolute Gasteiger partial charge is 0.507 e. The molecule has 0 saturated heterocycles. The first-order chi connectivity index (χ1) is 12.8. The van der Waals surface area contributed by atoms with Gasteiger partial charge in [0.25, 0.3) is 0 Å². The van der Waals surface area contributed by atoms with E-state index >= 15 is 0 Å². The Balaban J connectivity index is 1.79. The van der Waals surface area contributed by atoms with Gasteiger partial charge in [-0.15, -0.1) is 11.3 Å². The van der Waals surface area contributed by atoms with Crippen molar-refractivity contribution in [2.75, 3.05) is 0 Å². The van der Waals surface area contributed by atoms with Gasteiger partial charge in [-0.1, -0.05) is 54.6 Å². The van der Waals surface area contributed by atoms with Crippen molar-refractivity contribution in [3.05, 3.63) is 72.8 Å². The minimum atomic E-state index is 0.271. The van der Waals surface area contributed by atoms with Crippen LogP contribution in [0.25, 0.3) is 53.1 Å². The molecule has 0 fully saturated rings. The van der Waals surface area contributed by atoms with E-state index in [0.29, 0.717) is 0 Å². The molecule has 26 heavy (non-hydrogen) atoms. The molecule has 1 aromatic heterocycles. The number of para-hydroxylation sites is 1. The molecule has 0 aliphatic heterocycles. The summed E-state index contributed by atoms with van der Waals surface area (Å²) >= 11 is 1.65. The van der Waals surface area contributed by atoms with Gasteiger partial charge in [0.05, 0.1) is 15.8 Å². The molecule has 0 aliphatic rings. The Kier molecular flexibility index (Phi) is 2.66. The maximum atomic E-state index is 10.2. The average molecular weight is 351 g/mol. The van der Waals surface area contributed by atoms with Crippen molar-refractivity contribution in [3.63, 3.8) is 0 Å². The summed E-state index contributed by atoms with van der Waals surface area (Å²) in [6, 6.07) is 24.8. The Morgan fingerprint density at radius 3 is 2.35 bits per heavy atom. The molecule has 1 heterocycles. The highest BCUT2D eigenvalue weighted by molar-refractivity contribution is 7.22. The van der Waals surface area contributed by atoms with Gasteiger partial charge >= 0.3 is 0 Å². The smallest absolute Gasteiger partial charge is 0.128 e. The fourth-order valence-electron chi connectivity index (χ4n) is 3.96. The lowest BCUT2D eigenvalue weighted by atomic mass is 9.94. The first-order valence-corrected chi connectivity index (χ1v) is 9.37. The van der Waals surface area contributed by atoms with Gasteiger partial charge in [-0.05, 0) is 45.1 Å². The number of aromatic nitrogens is 1. The van der Waals surface area contributed by atoms with E-state index in [-0.39, 0.29) is 5.75 Å². The maximum absolute atomic E-state index is 10.2. The second kappa shape index (κ2) is 4.93. The molecule has 0 amide bonds. The van der Waals surface area contributed by atoms with Crippen LogP contribution in [0.1, 0.15) is 0 Å². The van der Waals surface area contributed by atoms with Crippen molar-refractivity contribution < 1.29 is 5.11 Å². The van der Waals surface area contributed by atoms with Gasteiger partial charge in [-0.2, -0.15) is 0 Å². The molecular weight excluding hydrogens is 338 g/mol. The van der Waals surface area contributed by atoms with Crippen LogP contribution in [0.4, 0.5) is 0 Å². The lowest BCUT2D eigenvalue weighted by Crippen LogP contribution is -1.84. The number of benzene rings is 5. The van der Waals surface area contributed by atoms with Gasteiger partial charge in [0.15, 0.2) is 0 Å². The van der Waals surface area contributed by atoms with Crippen LogP contribution in [0.5, 0.6) is 5.75 Å². The van der Waals surface area contributed by atoms with Gasteiger partial charge in [0, 0.05) is 5.39 Å². The zero-order chi connectivity index (χ0) is 17.3. The molecule has 0 spiro atoms. The summed E-state index contributed by atoms with van der Waals surface area (Å²) in [5.41, 5.74) is 1.77. The Hall–Kier alpha value is -3.17. The predicted molar refractivity (Wildman–Crippen MR) is 110 cm³/mol. The normalized spacial score (nSPS) is 12.0. The quantitative estimate of drug-likeness (QED) is 0.340. The topological polar surface area (TPSA) is 33.1 Å². The van der Waals surface area contributed by atoms with Gasteiger partial charge in [-0.3, -0.25) is 0 Å². The second-order valence-corrected chi connectivity index (χ2v) is 7.62. The number of aromatic hydroxyl groups is 1. The Morgan fingerprint density at radius 1 is 0.731 bits per heavy atom. The highest BCUT2D eigenvalue weighted by Crippen LogP contribution is 2.42. The molecule has 6 rings (SSSR count). The third kappa shape index (κ3) is 1.78. The summed E-state index contributed by atoms with van der Waals surface area (Å²) in [6.45, 7) is 0. The zero-order valence-corrected chi connectivity index (χ0v) is 14.5. The number of rotatable bonds is 1. The molecule has 1 N–H and O–H groups in total. The number of hydrogen-bond acceptors (Lipinski definition) is 3. The van der Waals surface area contributed by atoms with E-state index in [0.717, 1.165) is 16.1 Å². The van der Waals surface area contributed by atoms with Crippen LogP contribution in [0.2, 0.25) is 0 Å². The Morgan fingerprint density at radius 2 is 1.50 bits per heavy atom. The van der Waals surface area contributed by atoms with Crippen LogP contribution >= 0.6 is 11.3 Å². The lowest BCUT2D eigenvalue weighted by Gasteiger charge is -2.10. The van der Waals surface area contributed by atoms with Crippen LogP contribution < -0.4 is 0 Å². The van der Waals surface area contributed by atoms with Gasteiger partial charge in [0.1, 0.15) is 10.8 Å². The van der Waals surface area contributed by atoms with Crippen molar-refractivity contribution in [1.82, 2.24) is 4.98 Å². The Labute approximate surface area is 153 Å². The molecule has 122 valence electrons. The summed E-state index contributed by atoms with van der Waals surface area (Å²) in [7, 11) is 0. The van der Waals surface area contributed by atoms with Crippen LogP contribution in [0, 0.1) is 0 Å². The molecule has 0 saturated carbocycles. The molecule has 5 aromatic carbocycles. The summed E-state index contributed by atoms with van der Waals surface area (Å²) in [6.07, 6.45) is 0. The fraction of sp³-hybridized carbons (Fsp3) is 0. The summed E-state index contributed by atoms with van der Waals surface area (Å²) in [4.78, 5) is 4.83. The van der Waals surface area contributed by atoms with Crippen LogP contribution in [0.15, 0.2) is 72.8 Å². The van der Waals surface area contributed by atoms with Crippen molar-refractivity contribution in [1.29, 1.82) is 0 Å². The van der Waals surface area contributed by atoms with Gasteiger partial charge in [0.2, 0.25) is 0 Å². The predicted octanol–water partition coefficient (Wildman–Crippen LogP) is 6.57. The van der Waals surface area contributed by atoms with Crippen molar-refractivity contribution >= 4 is 53.9 Å². The molecule has 0 atom stereocenters. The fourth-order valence-corrected chi connectivity index (χ4v) is 5.07. The van der Waals surface area contributed by atoms with Crippen LogP contribution in [-0.4, -0.2) is 10.1 Å². The second-order valence-electron chi connectivity index (χ2n) is 6.62. The number of phenols is 1. The maximum Gasteiger partial charge on any atom is 0.128 e. The van der Waals surface area contributed by atoms with Crippen molar-refractivity contribution in [3.8, 4) is 16.3 Å². The highest BCUT2D eigenvalue weighted by atomic mass is 32.1. The van der Waals surface area contributed by atoms with Crippen LogP contribution in [0.3, 0.4) is 0 Å². The minimum Gasteiger partial charge on any atom is -0.507 e. The molecular formula is C23H13NOS. The van der Waals surface area contributed by atoms with E-state index in [2.05, 4.69) is 48.5 Å². The first-order valence-electron chi connectivity index (χ1n) is 8.55. The molecule has 2 nitrogen and oxygen atoms in total. The number of hydrogen-bond donors (Lipinski definition) is 1. The SMILES string of the molecule is Oc1ccccc1-c1nc2cc3ccc4cccc5ccc(c2s1)c3c45. The molecule has 0 radical (unpaired) electrons. The number of fused-ring (bicyclic) bond motifs is 2. The van der Waals surface area contributed by atoms with E-state index < -0.39 is 0 Å². The third-order valence-electron chi connectivity index (χ3n) is 5.13. The standard InChI is InChI=1S/C23H13NOS/c25-19-7-2-1-6-16(19)23-24-18-12-15-9-8-13-4-3-5-14-10-11-17(22(18)26-23)21(15)20(13)14/h1-12,25H. The van der Waals surface area contributed by atoms with Crippen molar-refractivity contribution in [2.24, 2.45) is 0 Å². The monoisotopic (exact) mass is 351 g/mol. The average Bonchev–Trinajstić information content (AvgIpc) is 3.10.